The van der Waals surface area contributed by atoms with Crippen LogP contribution in [-0.2, 0) is 17.9 Å². The van der Waals surface area contributed by atoms with Crippen LogP contribution >= 0.6 is 0 Å². The maximum absolute atomic E-state index is 12.5. The SMILES string of the molecule is O=C(Cn1c(=O)ccn(Cc2ccccc2)c1=O)NNC(=O)c1ccc[nH]1. The molecule has 0 radical (unpaired) electrons. The molecule has 27 heavy (non-hydrogen) atoms. The zero-order valence-corrected chi connectivity index (χ0v) is 14.2. The van der Waals surface area contributed by atoms with Gasteiger partial charge in [0.15, 0.2) is 0 Å². The molecule has 9 heteroatoms. The lowest BCUT2D eigenvalue weighted by molar-refractivity contribution is -0.122. The topological polar surface area (TPSA) is 118 Å². The molecule has 3 rings (SSSR count). The second kappa shape index (κ2) is 8.00. The first-order valence-corrected chi connectivity index (χ1v) is 8.11. The van der Waals surface area contributed by atoms with Crippen molar-refractivity contribution in [1.82, 2.24) is 25.0 Å². The number of nitrogens with one attached hydrogen (secondary N) is 3. The van der Waals surface area contributed by atoms with Gasteiger partial charge in [0, 0.05) is 18.5 Å². The molecule has 0 aliphatic heterocycles. The van der Waals surface area contributed by atoms with Crippen molar-refractivity contribution in [2.75, 3.05) is 0 Å². The van der Waals surface area contributed by atoms with Crippen molar-refractivity contribution in [1.29, 1.82) is 0 Å². The summed E-state index contributed by atoms with van der Waals surface area (Å²) in [4.78, 5) is 51.0. The van der Waals surface area contributed by atoms with Gasteiger partial charge in [-0.05, 0) is 17.7 Å². The Hall–Kier alpha value is -3.88. The number of hydrogen-bond acceptors (Lipinski definition) is 4. The molecule has 2 heterocycles. The fraction of sp³-hybridized carbons (Fsp3) is 0.111. The summed E-state index contributed by atoms with van der Waals surface area (Å²) in [5.74, 6) is -1.25. The highest BCUT2D eigenvalue weighted by Crippen LogP contribution is 1.99. The highest BCUT2D eigenvalue weighted by atomic mass is 16.2. The lowest BCUT2D eigenvalue weighted by atomic mass is 10.2. The molecule has 0 spiro atoms. The Labute approximate surface area is 153 Å². The van der Waals surface area contributed by atoms with E-state index in [9.17, 15) is 19.2 Å². The van der Waals surface area contributed by atoms with Crippen LogP contribution in [-0.4, -0.2) is 25.9 Å². The summed E-state index contributed by atoms with van der Waals surface area (Å²) in [7, 11) is 0. The monoisotopic (exact) mass is 367 g/mol. The molecule has 9 nitrogen and oxygen atoms in total. The Morgan fingerprint density at radius 3 is 2.44 bits per heavy atom. The normalized spacial score (nSPS) is 10.4. The van der Waals surface area contributed by atoms with Crippen LogP contribution < -0.4 is 22.1 Å². The zero-order valence-electron chi connectivity index (χ0n) is 14.2. The Kier molecular flexibility index (Phi) is 5.31. The summed E-state index contributed by atoms with van der Waals surface area (Å²) < 4.78 is 2.14. The van der Waals surface area contributed by atoms with Crippen molar-refractivity contribution in [3.05, 3.63) is 93.0 Å². The van der Waals surface area contributed by atoms with E-state index in [-0.39, 0.29) is 12.2 Å². The Morgan fingerprint density at radius 1 is 0.963 bits per heavy atom. The largest absolute Gasteiger partial charge is 0.357 e. The van der Waals surface area contributed by atoms with Crippen molar-refractivity contribution >= 4 is 11.8 Å². The number of hydrazine groups is 1. The first-order chi connectivity index (χ1) is 13.0. The van der Waals surface area contributed by atoms with Gasteiger partial charge in [0.2, 0.25) is 0 Å². The fourth-order valence-electron chi connectivity index (χ4n) is 2.45. The number of carbonyl (C=O) groups is 2. The second-order valence-electron chi connectivity index (χ2n) is 5.72. The van der Waals surface area contributed by atoms with Gasteiger partial charge in [-0.3, -0.25) is 34.4 Å². The maximum atomic E-state index is 12.5. The Bertz CT molecular complexity index is 1050. The van der Waals surface area contributed by atoms with E-state index >= 15 is 0 Å². The predicted molar refractivity (Wildman–Crippen MR) is 96.9 cm³/mol. The van der Waals surface area contributed by atoms with E-state index in [2.05, 4.69) is 15.8 Å². The Morgan fingerprint density at radius 2 is 1.74 bits per heavy atom. The molecule has 0 atom stereocenters. The third-order valence-electron chi connectivity index (χ3n) is 3.80. The number of hydrogen-bond donors (Lipinski definition) is 3. The molecule has 3 aromatic rings. The van der Waals surface area contributed by atoms with E-state index < -0.39 is 29.6 Å². The third kappa shape index (κ3) is 4.40. The van der Waals surface area contributed by atoms with Crippen LogP contribution in [0.3, 0.4) is 0 Å². The predicted octanol–water partition coefficient (Wildman–Crippen LogP) is -0.152. The third-order valence-corrected chi connectivity index (χ3v) is 3.80. The molecule has 1 aromatic carbocycles. The number of carbonyl (C=O) groups excluding carboxylic acids is 2. The highest BCUT2D eigenvalue weighted by molar-refractivity contribution is 5.93. The summed E-state index contributed by atoms with van der Waals surface area (Å²) in [5.41, 5.74) is 4.31. The minimum absolute atomic E-state index is 0.261. The molecular weight excluding hydrogens is 350 g/mol. The van der Waals surface area contributed by atoms with Gasteiger partial charge in [-0.2, -0.15) is 0 Å². The Balaban J connectivity index is 1.69. The van der Waals surface area contributed by atoms with Gasteiger partial charge >= 0.3 is 5.69 Å². The number of aromatic nitrogens is 3. The molecule has 0 aliphatic carbocycles. The smallest absolute Gasteiger partial charge is 0.331 e. The van der Waals surface area contributed by atoms with Crippen molar-refractivity contribution in [2.24, 2.45) is 0 Å². The molecule has 0 bridgehead atoms. The fourth-order valence-corrected chi connectivity index (χ4v) is 2.45. The average molecular weight is 367 g/mol. The summed E-state index contributed by atoms with van der Waals surface area (Å²) >= 11 is 0. The molecule has 0 saturated carbocycles. The average Bonchev–Trinajstić information content (AvgIpc) is 3.21. The molecule has 3 N–H and O–H groups in total. The first kappa shape index (κ1) is 17.9. The molecule has 138 valence electrons. The zero-order chi connectivity index (χ0) is 19.2. The number of aromatic amines is 1. The van der Waals surface area contributed by atoms with Crippen LogP contribution in [0.25, 0.3) is 0 Å². The first-order valence-electron chi connectivity index (χ1n) is 8.11. The minimum Gasteiger partial charge on any atom is -0.357 e. The molecule has 0 saturated heterocycles. The van der Waals surface area contributed by atoms with Gasteiger partial charge < -0.3 is 4.98 Å². The van der Waals surface area contributed by atoms with Crippen molar-refractivity contribution in [3.8, 4) is 0 Å². The molecular formula is C18H17N5O4. The summed E-state index contributed by atoms with van der Waals surface area (Å²) in [5, 5.41) is 0. The number of amides is 2. The van der Waals surface area contributed by atoms with Crippen LogP contribution in [0.2, 0.25) is 0 Å². The van der Waals surface area contributed by atoms with Gasteiger partial charge in [0.05, 0.1) is 6.54 Å². The lowest BCUT2D eigenvalue weighted by Gasteiger charge is -2.10. The quantitative estimate of drug-likeness (QED) is 0.544. The van der Waals surface area contributed by atoms with E-state index in [4.69, 9.17) is 0 Å². The lowest BCUT2D eigenvalue weighted by Crippen LogP contribution is -2.47. The number of benzene rings is 1. The van der Waals surface area contributed by atoms with Gasteiger partial charge in [-0.25, -0.2) is 4.79 Å². The van der Waals surface area contributed by atoms with E-state index in [0.717, 1.165) is 10.1 Å². The van der Waals surface area contributed by atoms with Gasteiger partial charge in [0.25, 0.3) is 17.4 Å². The number of H-pyrrole nitrogens is 1. The molecule has 2 amide bonds. The highest BCUT2D eigenvalue weighted by Gasteiger charge is 2.12. The van der Waals surface area contributed by atoms with Crippen molar-refractivity contribution in [3.63, 3.8) is 0 Å². The van der Waals surface area contributed by atoms with Crippen molar-refractivity contribution < 1.29 is 9.59 Å². The number of rotatable bonds is 5. The van der Waals surface area contributed by atoms with Gasteiger partial charge in [-0.1, -0.05) is 30.3 Å². The van der Waals surface area contributed by atoms with Gasteiger partial charge in [-0.15, -0.1) is 0 Å². The van der Waals surface area contributed by atoms with E-state index in [1.807, 2.05) is 30.3 Å². The van der Waals surface area contributed by atoms with E-state index in [1.165, 1.54) is 22.9 Å². The molecule has 0 aliphatic rings. The minimum atomic E-state index is -0.702. The molecule has 0 unspecified atom stereocenters. The van der Waals surface area contributed by atoms with Crippen LogP contribution in [0.1, 0.15) is 16.1 Å². The summed E-state index contributed by atoms with van der Waals surface area (Å²) in [6, 6.07) is 13.6. The second-order valence-corrected chi connectivity index (χ2v) is 5.72. The maximum Gasteiger partial charge on any atom is 0.331 e. The van der Waals surface area contributed by atoms with Crippen LogP contribution in [0, 0.1) is 0 Å². The molecule has 2 aromatic heterocycles. The van der Waals surface area contributed by atoms with Crippen LogP contribution in [0.15, 0.2) is 70.5 Å². The van der Waals surface area contributed by atoms with Gasteiger partial charge in [0.1, 0.15) is 12.2 Å². The molecule has 0 fully saturated rings. The van der Waals surface area contributed by atoms with Crippen molar-refractivity contribution in [2.45, 2.75) is 13.1 Å². The summed E-state index contributed by atoms with van der Waals surface area (Å²) in [6.07, 6.45) is 2.95. The summed E-state index contributed by atoms with van der Waals surface area (Å²) in [6.45, 7) is -0.247. The standard InChI is InChI=1S/C18H17N5O4/c24-15(20-21-17(26)14-7-4-9-19-14)12-23-16(25)8-10-22(18(23)27)11-13-5-2-1-3-6-13/h1-10,19H,11-12H2,(H,20,24)(H,21,26). The number of nitrogens with zero attached hydrogens (tertiary/aromatic N) is 2. The van der Waals surface area contributed by atoms with E-state index in [1.54, 1.807) is 12.3 Å². The van der Waals surface area contributed by atoms with Crippen LogP contribution in [0.5, 0.6) is 0 Å². The van der Waals surface area contributed by atoms with E-state index in [0.29, 0.717) is 0 Å². The van der Waals surface area contributed by atoms with Crippen LogP contribution in [0.4, 0.5) is 0 Å².